The van der Waals surface area contributed by atoms with Crippen LogP contribution in [-0.4, -0.2) is 28.6 Å². The molecule has 1 heterocycles. The molecule has 1 fully saturated rings. The Kier molecular flexibility index (Phi) is 5.01. The van der Waals surface area contributed by atoms with E-state index in [2.05, 4.69) is 84.1 Å². The second kappa shape index (κ2) is 6.70. The molecule has 0 N–H and O–H groups in total. The average Bonchev–Trinajstić information content (AvgIpc) is 2.53. The summed E-state index contributed by atoms with van der Waals surface area (Å²) in [6.45, 7) is 17.1. The van der Waals surface area contributed by atoms with Gasteiger partial charge >= 0.3 is 7.12 Å². The van der Waals surface area contributed by atoms with E-state index in [9.17, 15) is 0 Å². The molecule has 5 heteroatoms. The molecule has 0 bridgehead atoms. The molecule has 1 aliphatic heterocycles. The molecule has 0 saturated carbocycles. The molecular formula is C21H31BO3Si. The van der Waals surface area contributed by atoms with Crippen molar-refractivity contribution in [2.45, 2.75) is 52.8 Å². The van der Waals surface area contributed by atoms with E-state index in [4.69, 9.17) is 13.7 Å². The van der Waals surface area contributed by atoms with E-state index in [1.165, 1.54) is 5.39 Å². The molecule has 0 spiro atoms. The third-order valence-corrected chi connectivity index (χ3v) is 9.90. The van der Waals surface area contributed by atoms with E-state index in [1.54, 1.807) is 0 Å². The highest BCUT2D eigenvalue weighted by Crippen LogP contribution is 2.37. The predicted molar refractivity (Wildman–Crippen MR) is 113 cm³/mol. The van der Waals surface area contributed by atoms with Gasteiger partial charge in [-0.15, -0.1) is 0 Å². The van der Waals surface area contributed by atoms with Crippen molar-refractivity contribution in [3.8, 4) is 5.75 Å². The zero-order valence-corrected chi connectivity index (χ0v) is 18.2. The van der Waals surface area contributed by atoms with Gasteiger partial charge in [-0.1, -0.05) is 58.9 Å². The van der Waals surface area contributed by atoms with Gasteiger partial charge < -0.3 is 13.7 Å². The van der Waals surface area contributed by atoms with Gasteiger partial charge in [0.15, 0.2) is 0 Å². The Labute approximate surface area is 159 Å². The first kappa shape index (κ1) is 19.5. The highest BCUT2D eigenvalue weighted by molar-refractivity contribution is 6.74. The summed E-state index contributed by atoms with van der Waals surface area (Å²) in [4.78, 5) is 0. The van der Waals surface area contributed by atoms with Crippen molar-refractivity contribution in [2.24, 2.45) is 5.41 Å². The first-order chi connectivity index (χ1) is 12.0. The van der Waals surface area contributed by atoms with E-state index in [-0.39, 0.29) is 17.6 Å². The SMILES string of the molecule is CC1(C)COB(c2ccc3ccc(O[Si](C)(C)C(C)(C)C)cc3c2)OC1. The largest absolute Gasteiger partial charge is 0.543 e. The summed E-state index contributed by atoms with van der Waals surface area (Å²) in [7, 11) is -2.12. The number of hydrogen-bond acceptors (Lipinski definition) is 3. The summed E-state index contributed by atoms with van der Waals surface area (Å²) >= 11 is 0. The van der Waals surface area contributed by atoms with Crippen LogP contribution in [0.4, 0.5) is 0 Å². The Morgan fingerprint density at radius 2 is 1.58 bits per heavy atom. The van der Waals surface area contributed by atoms with E-state index >= 15 is 0 Å². The summed E-state index contributed by atoms with van der Waals surface area (Å²) in [6, 6.07) is 12.8. The van der Waals surface area contributed by atoms with Gasteiger partial charge in [0.1, 0.15) is 5.75 Å². The lowest BCUT2D eigenvalue weighted by Gasteiger charge is -2.36. The molecule has 0 atom stereocenters. The Bertz CT molecular complexity index is 785. The van der Waals surface area contributed by atoms with Crippen LogP contribution in [0.1, 0.15) is 34.6 Å². The van der Waals surface area contributed by atoms with Crippen LogP contribution in [0.5, 0.6) is 5.75 Å². The number of fused-ring (bicyclic) bond motifs is 1. The lowest BCUT2D eigenvalue weighted by molar-refractivity contribution is 0.0343. The molecule has 3 nitrogen and oxygen atoms in total. The minimum atomic E-state index is -1.84. The van der Waals surface area contributed by atoms with Crippen LogP contribution in [-0.2, 0) is 9.31 Å². The van der Waals surface area contributed by atoms with Crippen molar-refractivity contribution >= 4 is 31.7 Å². The van der Waals surface area contributed by atoms with Gasteiger partial charge in [-0.3, -0.25) is 0 Å². The fourth-order valence-electron chi connectivity index (χ4n) is 2.79. The van der Waals surface area contributed by atoms with Crippen LogP contribution in [0.25, 0.3) is 10.8 Å². The van der Waals surface area contributed by atoms with Gasteiger partial charge in [0, 0.05) is 18.6 Å². The van der Waals surface area contributed by atoms with Gasteiger partial charge in [-0.2, -0.15) is 0 Å². The lowest BCUT2D eigenvalue weighted by atomic mass is 9.75. The second-order valence-corrected chi connectivity index (χ2v) is 14.5. The van der Waals surface area contributed by atoms with E-state index in [1.807, 2.05) is 0 Å². The first-order valence-corrected chi connectivity index (χ1v) is 12.3. The summed E-state index contributed by atoms with van der Waals surface area (Å²) in [5.41, 5.74) is 1.15. The number of benzene rings is 2. The zero-order chi connectivity index (χ0) is 19.2. The molecule has 3 rings (SSSR count). The molecule has 26 heavy (non-hydrogen) atoms. The number of rotatable bonds is 3. The standard InChI is InChI=1S/C21H31BO3Si/c1-20(2,3)26(6,7)25-19-11-9-16-8-10-18(12-17(16)13-19)22-23-14-21(4,5)15-24-22/h8-13H,14-15H2,1-7H3. The van der Waals surface area contributed by atoms with Crippen molar-refractivity contribution in [2.75, 3.05) is 13.2 Å². The van der Waals surface area contributed by atoms with E-state index in [0.717, 1.165) is 16.6 Å². The Morgan fingerprint density at radius 3 is 2.19 bits per heavy atom. The van der Waals surface area contributed by atoms with Crippen LogP contribution in [0, 0.1) is 5.41 Å². The average molecular weight is 370 g/mol. The molecule has 2 aromatic carbocycles. The maximum Gasteiger partial charge on any atom is 0.493 e. The lowest BCUT2D eigenvalue weighted by Crippen LogP contribution is -2.47. The van der Waals surface area contributed by atoms with Crippen molar-refractivity contribution < 1.29 is 13.7 Å². The molecule has 0 radical (unpaired) electrons. The molecule has 0 unspecified atom stereocenters. The van der Waals surface area contributed by atoms with E-state index < -0.39 is 8.32 Å². The summed E-state index contributed by atoms with van der Waals surface area (Å²) in [6.07, 6.45) is 0. The molecule has 140 valence electrons. The second-order valence-electron chi connectivity index (χ2n) is 9.75. The molecular weight excluding hydrogens is 339 g/mol. The number of hydrogen-bond donors (Lipinski definition) is 0. The minimum absolute atomic E-state index is 0.0809. The van der Waals surface area contributed by atoms with Crippen LogP contribution in [0.15, 0.2) is 36.4 Å². The normalized spacial score (nSPS) is 18.2. The van der Waals surface area contributed by atoms with Crippen molar-refractivity contribution in [1.82, 2.24) is 0 Å². The first-order valence-electron chi connectivity index (χ1n) is 9.43. The molecule has 1 saturated heterocycles. The third kappa shape index (κ3) is 4.16. The van der Waals surface area contributed by atoms with Crippen LogP contribution in [0.2, 0.25) is 18.1 Å². The van der Waals surface area contributed by atoms with Gasteiger partial charge in [0.25, 0.3) is 0 Å². The highest BCUT2D eigenvalue weighted by Gasteiger charge is 2.39. The fourth-order valence-corrected chi connectivity index (χ4v) is 3.81. The maximum atomic E-state index is 6.46. The predicted octanol–water partition coefficient (Wildman–Crippen LogP) is 4.99. The molecule has 0 aliphatic carbocycles. The topological polar surface area (TPSA) is 27.7 Å². The molecule has 0 aromatic heterocycles. The Morgan fingerprint density at radius 1 is 0.962 bits per heavy atom. The summed E-state index contributed by atoms with van der Waals surface area (Å²) in [5.74, 6) is 0.952. The third-order valence-electron chi connectivity index (χ3n) is 5.54. The highest BCUT2D eigenvalue weighted by atomic mass is 28.4. The quantitative estimate of drug-likeness (QED) is 0.713. The fraction of sp³-hybridized carbons (Fsp3) is 0.524. The smallest absolute Gasteiger partial charge is 0.493 e. The Balaban J connectivity index is 1.85. The monoisotopic (exact) mass is 370 g/mol. The van der Waals surface area contributed by atoms with Crippen LogP contribution in [0.3, 0.4) is 0 Å². The Hall–Kier alpha value is -1.30. The molecule has 0 amide bonds. The molecule has 1 aliphatic rings. The molecule has 2 aromatic rings. The van der Waals surface area contributed by atoms with E-state index in [0.29, 0.717) is 13.2 Å². The minimum Gasteiger partial charge on any atom is -0.543 e. The summed E-state index contributed by atoms with van der Waals surface area (Å²) < 4.78 is 18.3. The zero-order valence-electron chi connectivity index (χ0n) is 17.2. The van der Waals surface area contributed by atoms with Crippen molar-refractivity contribution in [3.05, 3.63) is 36.4 Å². The summed E-state index contributed by atoms with van der Waals surface area (Å²) in [5, 5.41) is 2.55. The van der Waals surface area contributed by atoms with Crippen molar-refractivity contribution in [1.29, 1.82) is 0 Å². The van der Waals surface area contributed by atoms with Crippen molar-refractivity contribution in [3.63, 3.8) is 0 Å². The van der Waals surface area contributed by atoms with Crippen LogP contribution < -0.4 is 9.89 Å². The van der Waals surface area contributed by atoms with Gasteiger partial charge in [0.05, 0.1) is 0 Å². The van der Waals surface area contributed by atoms with Gasteiger partial charge in [0.2, 0.25) is 8.32 Å². The van der Waals surface area contributed by atoms with Crippen LogP contribution >= 0.6 is 0 Å². The van der Waals surface area contributed by atoms with Gasteiger partial charge in [-0.05, 0) is 46.5 Å². The maximum absolute atomic E-state index is 6.46. The van der Waals surface area contributed by atoms with Gasteiger partial charge in [-0.25, -0.2) is 0 Å².